The summed E-state index contributed by atoms with van der Waals surface area (Å²) in [6.45, 7) is 2.01. The van der Waals surface area contributed by atoms with E-state index in [2.05, 4.69) is 26.6 Å². The Kier molecular flexibility index (Phi) is 4.01. The summed E-state index contributed by atoms with van der Waals surface area (Å²) in [7, 11) is 0. The molecule has 1 atom stereocenters. The monoisotopic (exact) mass is 286 g/mol. The van der Waals surface area contributed by atoms with Crippen molar-refractivity contribution in [2.45, 2.75) is 25.3 Å². The molecule has 0 saturated carbocycles. The molecule has 2 heterocycles. The molecule has 16 heavy (non-hydrogen) atoms. The largest absolute Gasteiger partial charge is 0.457 e. The van der Waals surface area contributed by atoms with Gasteiger partial charge in [0, 0.05) is 6.04 Å². The zero-order chi connectivity index (χ0) is 11.4. The van der Waals surface area contributed by atoms with Crippen LogP contribution in [0, 0.1) is 0 Å². The van der Waals surface area contributed by atoms with Gasteiger partial charge in [0.15, 0.2) is 4.67 Å². The van der Waals surface area contributed by atoms with E-state index < -0.39 is 0 Å². The van der Waals surface area contributed by atoms with E-state index in [1.165, 1.54) is 6.26 Å². The maximum absolute atomic E-state index is 11.9. The smallest absolute Gasteiger partial charge is 0.255 e. The first kappa shape index (κ1) is 11.7. The van der Waals surface area contributed by atoms with Gasteiger partial charge < -0.3 is 15.1 Å². The Morgan fingerprint density at radius 2 is 2.38 bits per heavy atom. The lowest BCUT2D eigenvalue weighted by molar-refractivity contribution is 0.0932. The van der Waals surface area contributed by atoms with Crippen molar-refractivity contribution in [1.29, 1.82) is 0 Å². The molecule has 2 rings (SSSR count). The minimum atomic E-state index is -0.0625. The summed E-state index contributed by atoms with van der Waals surface area (Å²) in [4.78, 5) is 11.9. The fraction of sp³-hybridized carbons (Fsp3) is 0.545. The van der Waals surface area contributed by atoms with Gasteiger partial charge in [-0.25, -0.2) is 0 Å². The van der Waals surface area contributed by atoms with Gasteiger partial charge in [0.2, 0.25) is 0 Å². The van der Waals surface area contributed by atoms with Crippen molar-refractivity contribution < 1.29 is 9.21 Å². The van der Waals surface area contributed by atoms with Crippen molar-refractivity contribution in [3.05, 3.63) is 22.6 Å². The van der Waals surface area contributed by atoms with Gasteiger partial charge in [-0.15, -0.1) is 0 Å². The highest BCUT2D eigenvalue weighted by molar-refractivity contribution is 9.10. The van der Waals surface area contributed by atoms with E-state index >= 15 is 0 Å². The van der Waals surface area contributed by atoms with Gasteiger partial charge in [-0.3, -0.25) is 4.79 Å². The Balaban J connectivity index is 1.93. The van der Waals surface area contributed by atoms with E-state index in [0.717, 1.165) is 32.4 Å². The average molecular weight is 287 g/mol. The van der Waals surface area contributed by atoms with Gasteiger partial charge in [-0.2, -0.15) is 0 Å². The van der Waals surface area contributed by atoms with Crippen LogP contribution >= 0.6 is 15.9 Å². The fourth-order valence-corrected chi connectivity index (χ4v) is 2.30. The third-order valence-electron chi connectivity index (χ3n) is 2.77. The number of furan rings is 1. The molecular formula is C11H15BrN2O2. The van der Waals surface area contributed by atoms with Gasteiger partial charge in [0.1, 0.15) is 0 Å². The van der Waals surface area contributed by atoms with Gasteiger partial charge in [-0.1, -0.05) is 0 Å². The van der Waals surface area contributed by atoms with Crippen molar-refractivity contribution in [1.82, 2.24) is 10.6 Å². The van der Waals surface area contributed by atoms with E-state index in [0.29, 0.717) is 10.2 Å². The van der Waals surface area contributed by atoms with E-state index in [1.54, 1.807) is 6.07 Å². The highest BCUT2D eigenvalue weighted by atomic mass is 79.9. The van der Waals surface area contributed by atoms with Crippen LogP contribution in [0.3, 0.4) is 0 Å². The van der Waals surface area contributed by atoms with Gasteiger partial charge in [0.05, 0.1) is 11.8 Å². The number of halogens is 1. The number of amides is 1. The first-order valence-corrected chi connectivity index (χ1v) is 6.31. The number of nitrogens with one attached hydrogen (secondary N) is 2. The first-order valence-electron chi connectivity index (χ1n) is 5.52. The summed E-state index contributed by atoms with van der Waals surface area (Å²) in [5, 5.41) is 6.35. The summed E-state index contributed by atoms with van der Waals surface area (Å²) in [5.74, 6) is -0.0625. The second-order valence-corrected chi connectivity index (χ2v) is 4.68. The van der Waals surface area contributed by atoms with Crippen molar-refractivity contribution in [2.24, 2.45) is 0 Å². The molecule has 0 spiro atoms. The number of carbonyl (C=O) groups excluding carboxylic acids is 1. The standard InChI is InChI=1S/C11H15BrN2O2/c12-10-9(4-7-16-10)11(15)14-8-2-1-5-13-6-3-8/h4,7-8,13H,1-3,5-6H2,(H,14,15). The van der Waals surface area contributed by atoms with E-state index in [4.69, 9.17) is 4.42 Å². The zero-order valence-electron chi connectivity index (χ0n) is 8.96. The van der Waals surface area contributed by atoms with Crippen LogP contribution in [0.25, 0.3) is 0 Å². The van der Waals surface area contributed by atoms with Gasteiger partial charge >= 0.3 is 0 Å². The first-order chi connectivity index (χ1) is 7.77. The lowest BCUT2D eigenvalue weighted by atomic mass is 10.1. The van der Waals surface area contributed by atoms with Crippen LogP contribution in [-0.2, 0) is 0 Å². The summed E-state index contributed by atoms with van der Waals surface area (Å²) in [5.41, 5.74) is 0.567. The predicted octanol–water partition coefficient (Wildman–Crippen LogP) is 1.91. The molecule has 1 saturated heterocycles. The highest BCUT2D eigenvalue weighted by Crippen LogP contribution is 2.18. The number of hydrogen-bond acceptors (Lipinski definition) is 3. The number of carbonyl (C=O) groups is 1. The van der Waals surface area contributed by atoms with Crippen molar-refractivity contribution >= 4 is 21.8 Å². The van der Waals surface area contributed by atoms with E-state index in [-0.39, 0.29) is 11.9 Å². The third-order valence-corrected chi connectivity index (χ3v) is 3.39. The topological polar surface area (TPSA) is 54.3 Å². The molecule has 1 fully saturated rings. The maximum atomic E-state index is 11.9. The zero-order valence-corrected chi connectivity index (χ0v) is 10.5. The van der Waals surface area contributed by atoms with Crippen LogP contribution in [0.15, 0.2) is 21.4 Å². The summed E-state index contributed by atoms with van der Waals surface area (Å²) < 4.78 is 5.54. The van der Waals surface area contributed by atoms with Crippen LogP contribution in [0.2, 0.25) is 0 Å². The van der Waals surface area contributed by atoms with Gasteiger partial charge in [0.25, 0.3) is 5.91 Å². The van der Waals surface area contributed by atoms with Crippen molar-refractivity contribution in [3.63, 3.8) is 0 Å². The van der Waals surface area contributed by atoms with Crippen LogP contribution in [-0.4, -0.2) is 25.0 Å². The average Bonchev–Trinajstić information content (AvgIpc) is 2.53. The quantitative estimate of drug-likeness (QED) is 0.873. The molecule has 0 aliphatic carbocycles. The molecule has 0 bridgehead atoms. The molecule has 1 aromatic heterocycles. The molecule has 0 radical (unpaired) electrons. The van der Waals surface area contributed by atoms with Crippen LogP contribution in [0.4, 0.5) is 0 Å². The number of rotatable bonds is 2. The second-order valence-electron chi connectivity index (χ2n) is 3.96. The molecule has 1 aliphatic heterocycles. The minimum Gasteiger partial charge on any atom is -0.457 e. The molecular weight excluding hydrogens is 272 g/mol. The SMILES string of the molecule is O=C(NC1CCCNCC1)c1ccoc1Br. The Hall–Kier alpha value is -0.810. The van der Waals surface area contributed by atoms with Crippen molar-refractivity contribution in [3.8, 4) is 0 Å². The summed E-state index contributed by atoms with van der Waals surface area (Å²) in [6, 6.07) is 1.94. The summed E-state index contributed by atoms with van der Waals surface area (Å²) in [6.07, 6.45) is 4.64. The lowest BCUT2D eigenvalue weighted by Crippen LogP contribution is -2.35. The molecule has 4 nitrogen and oxygen atoms in total. The molecule has 1 aliphatic rings. The fourth-order valence-electron chi connectivity index (χ4n) is 1.88. The van der Waals surface area contributed by atoms with Crippen molar-refractivity contribution in [2.75, 3.05) is 13.1 Å². The normalized spacial score (nSPS) is 21.4. The molecule has 5 heteroatoms. The minimum absolute atomic E-state index is 0.0625. The van der Waals surface area contributed by atoms with E-state index in [9.17, 15) is 4.79 Å². The molecule has 1 unspecified atom stereocenters. The molecule has 2 N–H and O–H groups in total. The molecule has 0 aromatic carbocycles. The maximum Gasteiger partial charge on any atom is 0.255 e. The van der Waals surface area contributed by atoms with Crippen LogP contribution < -0.4 is 10.6 Å². The molecule has 88 valence electrons. The second kappa shape index (κ2) is 5.50. The number of hydrogen-bond donors (Lipinski definition) is 2. The van der Waals surface area contributed by atoms with Crippen LogP contribution in [0.5, 0.6) is 0 Å². The summed E-state index contributed by atoms with van der Waals surface area (Å²) >= 11 is 3.21. The highest BCUT2D eigenvalue weighted by Gasteiger charge is 2.18. The Bertz CT molecular complexity index is 357. The van der Waals surface area contributed by atoms with E-state index in [1.807, 2.05) is 0 Å². The molecule has 1 aromatic rings. The molecule has 1 amide bonds. The Morgan fingerprint density at radius 1 is 1.50 bits per heavy atom. The van der Waals surface area contributed by atoms with Gasteiger partial charge in [-0.05, 0) is 54.3 Å². The lowest BCUT2D eigenvalue weighted by Gasteiger charge is -2.15. The third kappa shape index (κ3) is 2.86. The van der Waals surface area contributed by atoms with Crippen LogP contribution in [0.1, 0.15) is 29.6 Å². The predicted molar refractivity (Wildman–Crippen MR) is 64.4 cm³/mol. The Labute approximate surface area is 103 Å². The Morgan fingerprint density at radius 3 is 3.12 bits per heavy atom.